The number of hydrogen-bond donors (Lipinski definition) is 1. The molecular weight excluding hydrogens is 408 g/mol. The number of carbonyl (C=O) groups is 2. The number of esters is 1. The molecule has 0 fully saturated rings. The van der Waals surface area contributed by atoms with Crippen LogP contribution in [0.2, 0.25) is 5.02 Å². The Hall–Kier alpha value is -0.960. The van der Waals surface area contributed by atoms with Crippen LogP contribution in [0.15, 0.2) is 18.2 Å². The fourth-order valence-electron chi connectivity index (χ4n) is 1.24. The first-order chi connectivity index (χ1) is 8.99. The van der Waals surface area contributed by atoms with Crippen molar-refractivity contribution in [3.63, 3.8) is 0 Å². The van der Waals surface area contributed by atoms with Gasteiger partial charge in [0.2, 0.25) is 0 Å². The molecule has 0 radical (unpaired) electrons. The largest absolute Gasteiger partial charge is 0.477 e. The summed E-state index contributed by atoms with van der Waals surface area (Å²) >= 11 is 7.64. The van der Waals surface area contributed by atoms with E-state index in [0.29, 0.717) is 8.59 Å². The van der Waals surface area contributed by atoms with Gasteiger partial charge in [-0.05, 0) is 54.6 Å². The third-order valence-electron chi connectivity index (χ3n) is 2.53. The van der Waals surface area contributed by atoms with Crippen LogP contribution >= 0.6 is 34.2 Å². The van der Waals surface area contributed by atoms with Crippen LogP contribution in [0.5, 0.6) is 0 Å². The Morgan fingerprint density at radius 3 is 2.35 bits per heavy atom. The maximum Gasteiger partial charge on any atom is 0.380 e. The topological polar surface area (TPSA) is 63.6 Å². The van der Waals surface area contributed by atoms with E-state index < -0.39 is 23.5 Å². The molecular formula is C12H10ClF2IO4. The molecule has 0 spiro atoms. The molecule has 0 saturated heterocycles. The van der Waals surface area contributed by atoms with Gasteiger partial charge in [-0.3, -0.25) is 0 Å². The first-order valence-corrected chi connectivity index (χ1v) is 6.74. The van der Waals surface area contributed by atoms with E-state index in [-0.39, 0.29) is 5.56 Å². The number of carboxylic acid groups (broad SMARTS) is 1. The molecule has 8 heteroatoms. The number of benzene rings is 1. The maximum atomic E-state index is 13.4. The molecule has 0 aliphatic heterocycles. The Morgan fingerprint density at radius 1 is 1.35 bits per heavy atom. The molecule has 0 aliphatic rings. The lowest BCUT2D eigenvalue weighted by atomic mass is 10.0. The molecule has 0 heterocycles. The number of ether oxygens (including phenoxy) is 1. The Labute approximate surface area is 132 Å². The number of carboxylic acids is 1. The molecule has 110 valence electrons. The number of alkyl halides is 2. The maximum absolute atomic E-state index is 13.4. The Balaban J connectivity index is 3.00. The Kier molecular flexibility index (Phi) is 4.96. The minimum Gasteiger partial charge on any atom is -0.477 e. The molecule has 1 N–H and O–H groups in total. The van der Waals surface area contributed by atoms with Gasteiger partial charge in [-0.1, -0.05) is 11.6 Å². The molecule has 0 aliphatic carbocycles. The lowest BCUT2D eigenvalue weighted by Gasteiger charge is -2.30. The van der Waals surface area contributed by atoms with Gasteiger partial charge in [-0.25, -0.2) is 9.59 Å². The number of hydrogen-bond acceptors (Lipinski definition) is 3. The van der Waals surface area contributed by atoms with E-state index in [0.717, 1.165) is 13.8 Å². The third kappa shape index (κ3) is 3.38. The molecule has 0 bridgehead atoms. The second-order valence-electron chi connectivity index (χ2n) is 4.41. The van der Waals surface area contributed by atoms with Crippen molar-refractivity contribution in [2.75, 3.05) is 0 Å². The van der Waals surface area contributed by atoms with Crippen LogP contribution < -0.4 is 0 Å². The second-order valence-corrected chi connectivity index (χ2v) is 5.98. The molecule has 0 atom stereocenters. The van der Waals surface area contributed by atoms with Gasteiger partial charge in [0.25, 0.3) is 0 Å². The van der Waals surface area contributed by atoms with Crippen LogP contribution in [0.1, 0.15) is 24.2 Å². The van der Waals surface area contributed by atoms with Crippen LogP contribution in [0, 0.1) is 3.57 Å². The van der Waals surface area contributed by atoms with Crippen LogP contribution in [0.4, 0.5) is 8.78 Å². The van der Waals surface area contributed by atoms with Crippen molar-refractivity contribution in [1.29, 1.82) is 0 Å². The average molecular weight is 419 g/mol. The summed E-state index contributed by atoms with van der Waals surface area (Å²) in [6.45, 7) is 1.67. The van der Waals surface area contributed by atoms with Crippen molar-refractivity contribution in [2.24, 2.45) is 0 Å². The molecule has 0 aromatic heterocycles. The Morgan fingerprint density at radius 2 is 1.90 bits per heavy atom. The van der Waals surface area contributed by atoms with Crippen molar-refractivity contribution in [3.05, 3.63) is 32.4 Å². The molecule has 20 heavy (non-hydrogen) atoms. The lowest BCUT2D eigenvalue weighted by Crippen LogP contribution is -2.51. The van der Waals surface area contributed by atoms with Gasteiger partial charge in [0.15, 0.2) is 5.60 Å². The summed E-state index contributed by atoms with van der Waals surface area (Å²) in [5.74, 6) is -7.62. The quantitative estimate of drug-likeness (QED) is 0.599. The lowest BCUT2D eigenvalue weighted by molar-refractivity contribution is -0.200. The van der Waals surface area contributed by atoms with E-state index in [4.69, 9.17) is 16.7 Å². The molecule has 1 aromatic rings. The molecule has 0 saturated carbocycles. The summed E-state index contributed by atoms with van der Waals surface area (Å²) in [4.78, 5) is 22.3. The second kappa shape index (κ2) is 5.80. The van der Waals surface area contributed by atoms with Gasteiger partial charge in [-0.2, -0.15) is 8.78 Å². The highest BCUT2D eigenvalue weighted by molar-refractivity contribution is 14.1. The van der Waals surface area contributed by atoms with Crippen molar-refractivity contribution in [3.8, 4) is 0 Å². The highest BCUT2D eigenvalue weighted by atomic mass is 127. The van der Waals surface area contributed by atoms with E-state index in [9.17, 15) is 18.4 Å². The van der Waals surface area contributed by atoms with Gasteiger partial charge in [0, 0.05) is 3.57 Å². The molecule has 0 amide bonds. The van der Waals surface area contributed by atoms with Crippen molar-refractivity contribution >= 4 is 46.1 Å². The van der Waals surface area contributed by atoms with Gasteiger partial charge in [-0.15, -0.1) is 0 Å². The minimum atomic E-state index is -4.21. The van der Waals surface area contributed by atoms with Gasteiger partial charge in [0.05, 0.1) is 10.6 Å². The van der Waals surface area contributed by atoms with Crippen LogP contribution in [-0.2, 0) is 9.53 Å². The van der Waals surface area contributed by atoms with Crippen LogP contribution in [-0.4, -0.2) is 28.6 Å². The van der Waals surface area contributed by atoms with Gasteiger partial charge in [0.1, 0.15) is 0 Å². The summed E-state index contributed by atoms with van der Waals surface area (Å²) in [7, 11) is 0. The molecule has 1 rings (SSSR count). The van der Waals surface area contributed by atoms with Crippen LogP contribution in [0.25, 0.3) is 0 Å². The zero-order valence-corrected chi connectivity index (χ0v) is 13.3. The van der Waals surface area contributed by atoms with E-state index >= 15 is 0 Å². The number of aliphatic carboxylic acids is 1. The standard InChI is InChI=1S/C12H10ClF2IO4/c1-11(2,12(14,15)10(18)19)20-9(17)6-3-4-7(13)8(16)5-6/h3-5H,1-2H3,(H,18,19). The van der Waals surface area contributed by atoms with E-state index in [1.807, 2.05) is 22.6 Å². The molecule has 0 unspecified atom stereocenters. The minimum absolute atomic E-state index is 0.00747. The summed E-state index contributed by atoms with van der Waals surface area (Å²) in [6, 6.07) is 4.09. The zero-order valence-electron chi connectivity index (χ0n) is 10.4. The number of rotatable bonds is 4. The third-order valence-corrected chi connectivity index (χ3v) is 4.07. The fourth-order valence-corrected chi connectivity index (χ4v) is 1.87. The monoisotopic (exact) mass is 418 g/mol. The summed E-state index contributed by atoms with van der Waals surface area (Å²) in [6.07, 6.45) is 0. The predicted molar refractivity (Wildman–Crippen MR) is 76.2 cm³/mol. The fraction of sp³-hybridized carbons (Fsp3) is 0.333. The van der Waals surface area contributed by atoms with Gasteiger partial charge < -0.3 is 9.84 Å². The van der Waals surface area contributed by atoms with Crippen molar-refractivity contribution in [2.45, 2.75) is 25.4 Å². The van der Waals surface area contributed by atoms with E-state index in [1.54, 1.807) is 0 Å². The zero-order chi connectivity index (χ0) is 15.7. The summed E-state index contributed by atoms with van der Waals surface area (Å²) in [5, 5.41) is 8.88. The van der Waals surface area contributed by atoms with E-state index in [1.165, 1.54) is 18.2 Å². The molecule has 4 nitrogen and oxygen atoms in total. The average Bonchev–Trinajstić information content (AvgIpc) is 2.31. The SMILES string of the molecule is CC(C)(OC(=O)c1ccc(Cl)c(I)c1)C(F)(F)C(=O)O. The normalized spacial score (nSPS) is 12.1. The summed E-state index contributed by atoms with van der Waals surface area (Å²) < 4.78 is 32.1. The first kappa shape index (κ1) is 17.1. The van der Waals surface area contributed by atoms with Crippen molar-refractivity contribution < 1.29 is 28.2 Å². The number of carbonyl (C=O) groups excluding carboxylic acids is 1. The Bertz CT molecular complexity index is 560. The van der Waals surface area contributed by atoms with E-state index in [2.05, 4.69) is 4.74 Å². The van der Waals surface area contributed by atoms with Crippen molar-refractivity contribution in [1.82, 2.24) is 0 Å². The number of halogens is 4. The smallest absolute Gasteiger partial charge is 0.380 e. The highest BCUT2D eigenvalue weighted by Crippen LogP contribution is 2.33. The first-order valence-electron chi connectivity index (χ1n) is 5.28. The summed E-state index contributed by atoms with van der Waals surface area (Å²) in [5.41, 5.74) is -2.48. The predicted octanol–water partition coefficient (Wildman–Crippen LogP) is 3.60. The highest BCUT2D eigenvalue weighted by Gasteiger charge is 2.56. The van der Waals surface area contributed by atoms with Gasteiger partial charge >= 0.3 is 17.9 Å². The van der Waals surface area contributed by atoms with Crippen LogP contribution in [0.3, 0.4) is 0 Å². The molecule has 1 aromatic carbocycles.